The smallest absolute Gasteiger partial charge is 0.398 e. The highest BCUT2D eigenvalue weighted by Gasteiger charge is 2.31. The van der Waals surface area contributed by atoms with Gasteiger partial charge in [-0.3, -0.25) is 9.00 Å². The number of hydrogen-bond acceptors (Lipinski definition) is 3. The normalized spacial score (nSPS) is 13.1. The molecule has 4 nitrogen and oxygen atoms in total. The summed E-state index contributed by atoms with van der Waals surface area (Å²) in [7, 11) is 1.53. The van der Waals surface area contributed by atoms with Crippen LogP contribution in [-0.4, -0.2) is 34.9 Å². The number of benzene rings is 1. The molecule has 1 aromatic carbocycles. The van der Waals surface area contributed by atoms with Gasteiger partial charge in [-0.2, -0.15) is 13.2 Å². The minimum atomic E-state index is -4.49. The summed E-state index contributed by atoms with van der Waals surface area (Å²) in [6.07, 6.45) is -4.45. The van der Waals surface area contributed by atoms with Crippen LogP contribution in [0.2, 0.25) is 0 Å². The topological polar surface area (TPSA) is 63.4 Å². The van der Waals surface area contributed by atoms with E-state index in [2.05, 4.69) is 0 Å². The average molecular weight is 308 g/mol. The van der Waals surface area contributed by atoms with Crippen molar-refractivity contribution in [3.05, 3.63) is 23.8 Å². The van der Waals surface area contributed by atoms with E-state index in [-0.39, 0.29) is 28.7 Å². The van der Waals surface area contributed by atoms with Crippen molar-refractivity contribution in [1.82, 2.24) is 4.90 Å². The van der Waals surface area contributed by atoms with E-state index in [1.807, 2.05) is 0 Å². The van der Waals surface area contributed by atoms with Crippen molar-refractivity contribution < 1.29 is 22.2 Å². The van der Waals surface area contributed by atoms with Gasteiger partial charge in [-0.05, 0) is 18.2 Å². The Bertz CT molecular complexity index is 530. The Morgan fingerprint density at radius 2 is 1.95 bits per heavy atom. The number of rotatable bonds is 4. The lowest BCUT2D eigenvalue weighted by atomic mass is 10.2. The lowest BCUT2D eigenvalue weighted by Gasteiger charge is -2.12. The highest BCUT2D eigenvalue weighted by Crippen LogP contribution is 2.32. The number of halogens is 3. The zero-order valence-corrected chi connectivity index (χ0v) is 11.8. The van der Waals surface area contributed by atoms with Crippen LogP contribution in [0.5, 0.6) is 0 Å². The second kappa shape index (κ2) is 6.25. The van der Waals surface area contributed by atoms with Gasteiger partial charge in [0.2, 0.25) is 5.91 Å². The zero-order chi connectivity index (χ0) is 15.5. The van der Waals surface area contributed by atoms with E-state index in [0.29, 0.717) is 0 Å². The Labute approximate surface area is 117 Å². The second-order valence-electron chi connectivity index (χ2n) is 4.34. The molecule has 1 atom stereocenters. The maximum absolute atomic E-state index is 12.5. The summed E-state index contributed by atoms with van der Waals surface area (Å²) in [6, 6.07) is 2.67. The fraction of sp³-hybridized carbons (Fsp3) is 0.417. The molecule has 0 fully saturated rings. The van der Waals surface area contributed by atoms with E-state index in [9.17, 15) is 22.2 Å². The molecular formula is C12H15F3N2O2S. The van der Waals surface area contributed by atoms with E-state index in [0.717, 1.165) is 18.2 Å². The van der Waals surface area contributed by atoms with Gasteiger partial charge in [0.25, 0.3) is 0 Å². The molecule has 0 saturated carbocycles. The molecule has 1 unspecified atom stereocenters. The second-order valence-corrected chi connectivity index (χ2v) is 5.88. The lowest BCUT2D eigenvalue weighted by molar-refractivity contribution is -0.137. The van der Waals surface area contributed by atoms with Gasteiger partial charge >= 0.3 is 6.18 Å². The maximum Gasteiger partial charge on any atom is 0.416 e. The Morgan fingerprint density at radius 3 is 2.40 bits per heavy atom. The number of amides is 1. The van der Waals surface area contributed by atoms with Crippen molar-refractivity contribution in [3.8, 4) is 0 Å². The van der Waals surface area contributed by atoms with Gasteiger partial charge in [0, 0.05) is 32.0 Å². The van der Waals surface area contributed by atoms with Crippen LogP contribution in [0.1, 0.15) is 12.0 Å². The quantitative estimate of drug-likeness (QED) is 0.864. The molecule has 0 aliphatic rings. The fourth-order valence-electron chi connectivity index (χ4n) is 1.45. The summed E-state index contributed by atoms with van der Waals surface area (Å²) in [4.78, 5) is 12.8. The van der Waals surface area contributed by atoms with Gasteiger partial charge in [0.15, 0.2) is 0 Å². The number of hydrogen-bond donors (Lipinski definition) is 1. The lowest BCUT2D eigenvalue weighted by Crippen LogP contribution is -2.23. The average Bonchev–Trinajstić information content (AvgIpc) is 2.34. The van der Waals surface area contributed by atoms with E-state index < -0.39 is 22.5 Å². The standard InChI is InChI=1S/C12H15F3N2O2S/c1-17(2)11(18)5-6-20(19)10-4-3-8(7-9(10)16)12(13,14)15/h3-4,7H,5-6,16H2,1-2H3. The predicted molar refractivity (Wildman–Crippen MR) is 70.4 cm³/mol. The predicted octanol–water partition coefficient (Wildman–Crippen LogP) is 1.87. The molecule has 1 aromatic rings. The molecule has 20 heavy (non-hydrogen) atoms. The number of nitrogen functional groups attached to an aromatic ring is 1. The third-order valence-corrected chi connectivity index (χ3v) is 4.02. The molecule has 1 amide bonds. The number of carbonyl (C=O) groups excluding carboxylic acids is 1. The third-order valence-electron chi connectivity index (χ3n) is 2.58. The zero-order valence-electron chi connectivity index (χ0n) is 11.0. The Hall–Kier alpha value is -1.57. The monoisotopic (exact) mass is 308 g/mol. The highest BCUT2D eigenvalue weighted by molar-refractivity contribution is 7.85. The maximum atomic E-state index is 12.5. The minimum Gasteiger partial charge on any atom is -0.398 e. The molecule has 0 heterocycles. The Balaban J connectivity index is 2.82. The van der Waals surface area contributed by atoms with E-state index in [1.54, 1.807) is 14.1 Å². The number of carbonyl (C=O) groups is 1. The Morgan fingerprint density at radius 1 is 1.35 bits per heavy atom. The number of anilines is 1. The van der Waals surface area contributed by atoms with Crippen molar-refractivity contribution in [1.29, 1.82) is 0 Å². The van der Waals surface area contributed by atoms with Gasteiger partial charge in [-0.25, -0.2) is 0 Å². The van der Waals surface area contributed by atoms with Gasteiger partial charge < -0.3 is 10.6 Å². The molecule has 0 aromatic heterocycles. The molecule has 8 heteroatoms. The van der Waals surface area contributed by atoms with Crippen LogP contribution >= 0.6 is 0 Å². The molecular weight excluding hydrogens is 293 g/mol. The van der Waals surface area contributed by atoms with Crippen LogP contribution < -0.4 is 5.73 Å². The van der Waals surface area contributed by atoms with Crippen LogP contribution in [0, 0.1) is 0 Å². The molecule has 0 bridgehead atoms. The third kappa shape index (κ3) is 4.22. The minimum absolute atomic E-state index is 0.0204. The fourth-order valence-corrected chi connectivity index (χ4v) is 2.57. The first-order chi connectivity index (χ1) is 9.12. The van der Waals surface area contributed by atoms with Gasteiger partial charge in [0.05, 0.1) is 21.3 Å². The Kier molecular flexibility index (Phi) is 5.15. The largest absolute Gasteiger partial charge is 0.416 e. The molecule has 0 aliphatic heterocycles. The molecule has 112 valence electrons. The highest BCUT2D eigenvalue weighted by atomic mass is 32.2. The SMILES string of the molecule is CN(C)C(=O)CCS(=O)c1ccc(C(F)(F)F)cc1N. The summed E-state index contributed by atoms with van der Waals surface area (Å²) in [5.41, 5.74) is 4.42. The van der Waals surface area contributed by atoms with E-state index in [1.165, 1.54) is 4.90 Å². The summed E-state index contributed by atoms with van der Waals surface area (Å²) >= 11 is 0. The first kappa shape index (κ1) is 16.5. The van der Waals surface area contributed by atoms with Gasteiger partial charge in [-0.15, -0.1) is 0 Å². The van der Waals surface area contributed by atoms with Crippen LogP contribution in [-0.2, 0) is 21.8 Å². The molecule has 2 N–H and O–H groups in total. The van der Waals surface area contributed by atoms with Crippen LogP contribution in [0.15, 0.2) is 23.1 Å². The first-order valence-corrected chi connectivity index (χ1v) is 7.00. The molecule has 1 rings (SSSR count). The summed E-state index contributed by atoms with van der Waals surface area (Å²) in [5.74, 6) is -0.184. The number of nitrogens with two attached hydrogens (primary N) is 1. The molecule has 0 saturated heterocycles. The summed E-state index contributed by atoms with van der Waals surface area (Å²) in [5, 5.41) is 0. The molecule has 0 aliphatic carbocycles. The van der Waals surface area contributed by atoms with Gasteiger partial charge in [0.1, 0.15) is 0 Å². The van der Waals surface area contributed by atoms with Crippen LogP contribution in [0.3, 0.4) is 0 Å². The van der Waals surface area contributed by atoms with Crippen molar-refractivity contribution in [2.24, 2.45) is 0 Å². The first-order valence-electron chi connectivity index (χ1n) is 5.68. The van der Waals surface area contributed by atoms with Crippen LogP contribution in [0.4, 0.5) is 18.9 Å². The number of nitrogens with zero attached hydrogens (tertiary/aromatic N) is 1. The van der Waals surface area contributed by atoms with E-state index in [4.69, 9.17) is 5.73 Å². The summed E-state index contributed by atoms with van der Waals surface area (Å²) < 4.78 is 49.3. The van der Waals surface area contributed by atoms with Crippen LogP contribution in [0.25, 0.3) is 0 Å². The van der Waals surface area contributed by atoms with Crippen molar-refractivity contribution in [2.45, 2.75) is 17.5 Å². The number of alkyl halides is 3. The van der Waals surface area contributed by atoms with Gasteiger partial charge in [-0.1, -0.05) is 0 Å². The van der Waals surface area contributed by atoms with E-state index >= 15 is 0 Å². The molecule has 0 radical (unpaired) electrons. The van der Waals surface area contributed by atoms with Crippen molar-refractivity contribution >= 4 is 22.4 Å². The van der Waals surface area contributed by atoms with Crippen molar-refractivity contribution in [3.63, 3.8) is 0 Å². The molecule has 0 spiro atoms. The summed E-state index contributed by atoms with van der Waals surface area (Å²) in [6.45, 7) is 0. The van der Waals surface area contributed by atoms with Crippen molar-refractivity contribution in [2.75, 3.05) is 25.6 Å².